The smallest absolute Gasteiger partial charge is 0.285 e. The van der Waals surface area contributed by atoms with Crippen molar-refractivity contribution in [1.29, 1.82) is 0 Å². The molecule has 1 aromatic carbocycles. The quantitative estimate of drug-likeness (QED) is 0.584. The summed E-state index contributed by atoms with van der Waals surface area (Å²) < 4.78 is 6.61. The third-order valence-electron chi connectivity index (χ3n) is 3.40. The van der Waals surface area contributed by atoms with Gasteiger partial charge in [0.2, 0.25) is 5.78 Å². The predicted molar refractivity (Wildman–Crippen MR) is 77.5 cm³/mol. The first-order chi connectivity index (χ1) is 10.3. The maximum absolute atomic E-state index is 12.3. The van der Waals surface area contributed by atoms with Gasteiger partial charge >= 0.3 is 0 Å². The molecule has 0 radical (unpaired) electrons. The molecule has 7 nitrogen and oxygen atoms in total. The van der Waals surface area contributed by atoms with Crippen LogP contribution in [0.15, 0.2) is 41.6 Å². The number of benzene rings is 1. The van der Waals surface area contributed by atoms with Crippen LogP contribution in [0.4, 0.5) is 0 Å². The van der Waals surface area contributed by atoms with E-state index in [1.54, 1.807) is 13.3 Å². The molecule has 0 aliphatic rings. The highest BCUT2D eigenvalue weighted by Crippen LogP contribution is 2.21. The Morgan fingerprint density at radius 1 is 1.24 bits per heavy atom. The second-order valence-corrected chi connectivity index (χ2v) is 4.61. The molecule has 0 spiro atoms. The van der Waals surface area contributed by atoms with E-state index >= 15 is 0 Å². The highest BCUT2D eigenvalue weighted by atomic mass is 16.5. The van der Waals surface area contributed by atoms with E-state index in [2.05, 4.69) is 19.9 Å². The number of fused-ring (bicyclic) bond motifs is 2. The molecule has 7 heteroatoms. The topological polar surface area (TPSA) is 88.1 Å². The summed E-state index contributed by atoms with van der Waals surface area (Å²) in [5, 5.41) is 0. The minimum Gasteiger partial charge on any atom is -0.497 e. The van der Waals surface area contributed by atoms with Gasteiger partial charge in [-0.1, -0.05) is 0 Å². The molecular formula is C14H11N5O2. The maximum atomic E-state index is 12.3. The number of hydrogen-bond donors (Lipinski definition) is 2. The fraction of sp³-hybridized carbons (Fsp3) is 0.0714. The second-order valence-electron chi connectivity index (χ2n) is 4.61. The summed E-state index contributed by atoms with van der Waals surface area (Å²) in [6.45, 7) is 0. The van der Waals surface area contributed by atoms with Gasteiger partial charge in [0.15, 0.2) is 11.2 Å². The van der Waals surface area contributed by atoms with Crippen molar-refractivity contribution in [2.24, 2.45) is 0 Å². The van der Waals surface area contributed by atoms with E-state index in [1.807, 2.05) is 24.3 Å². The summed E-state index contributed by atoms with van der Waals surface area (Å²) in [5.41, 5.74) is 2.37. The molecule has 0 saturated heterocycles. The van der Waals surface area contributed by atoms with Crippen LogP contribution in [-0.4, -0.2) is 31.4 Å². The van der Waals surface area contributed by atoms with E-state index in [9.17, 15) is 4.79 Å². The number of rotatable bonds is 2. The Hall–Kier alpha value is -3.09. The Labute approximate surface area is 118 Å². The average Bonchev–Trinajstić information content (AvgIpc) is 3.14. The van der Waals surface area contributed by atoms with Crippen LogP contribution in [0.25, 0.3) is 28.2 Å². The normalized spacial score (nSPS) is 11.3. The monoisotopic (exact) mass is 281 g/mol. The molecule has 0 unspecified atom stereocenters. The van der Waals surface area contributed by atoms with Gasteiger partial charge in [0, 0.05) is 6.20 Å². The van der Waals surface area contributed by atoms with E-state index in [0.717, 1.165) is 17.0 Å². The number of H-pyrrole nitrogens is 2. The van der Waals surface area contributed by atoms with Crippen LogP contribution in [0.5, 0.6) is 5.75 Å². The Bertz CT molecular complexity index is 994. The van der Waals surface area contributed by atoms with Crippen molar-refractivity contribution in [3.05, 3.63) is 47.1 Å². The average molecular weight is 281 g/mol. The van der Waals surface area contributed by atoms with Crippen molar-refractivity contribution in [2.75, 3.05) is 7.11 Å². The zero-order valence-electron chi connectivity index (χ0n) is 11.1. The van der Waals surface area contributed by atoms with Crippen LogP contribution in [0.1, 0.15) is 0 Å². The largest absolute Gasteiger partial charge is 0.497 e. The standard InChI is InChI=1S/C14H11N5O2/c1-21-9-4-2-8(3-5-9)10-6-19-13(20)11-12(16-7-15-11)18-14(19)17-10/h2-7H,1H3,(H,15,16)(H,17,18). The molecule has 0 bridgehead atoms. The van der Waals surface area contributed by atoms with Gasteiger partial charge in [-0.15, -0.1) is 0 Å². The summed E-state index contributed by atoms with van der Waals surface area (Å²) in [6.07, 6.45) is 3.19. The predicted octanol–water partition coefficient (Wildman–Crippen LogP) is 1.57. The van der Waals surface area contributed by atoms with Gasteiger partial charge in [0.05, 0.1) is 19.1 Å². The molecule has 2 N–H and O–H groups in total. The molecule has 0 atom stereocenters. The van der Waals surface area contributed by atoms with Crippen LogP contribution < -0.4 is 10.3 Å². The minimum atomic E-state index is -0.177. The van der Waals surface area contributed by atoms with Crippen LogP contribution >= 0.6 is 0 Å². The van der Waals surface area contributed by atoms with Crippen molar-refractivity contribution in [3.8, 4) is 17.0 Å². The first kappa shape index (κ1) is 11.7. The highest BCUT2D eigenvalue weighted by Gasteiger charge is 2.11. The molecular weight excluding hydrogens is 270 g/mol. The molecule has 3 aromatic heterocycles. The molecule has 21 heavy (non-hydrogen) atoms. The number of imidazole rings is 2. The summed E-state index contributed by atoms with van der Waals surface area (Å²) in [4.78, 5) is 26.6. The van der Waals surface area contributed by atoms with Crippen LogP contribution in [0.2, 0.25) is 0 Å². The van der Waals surface area contributed by atoms with E-state index in [1.165, 1.54) is 10.7 Å². The van der Waals surface area contributed by atoms with Gasteiger partial charge in [0.1, 0.15) is 5.75 Å². The Morgan fingerprint density at radius 3 is 2.81 bits per heavy atom. The SMILES string of the molecule is COc1ccc(-c2cn3c(=O)c4[nH]cnc4nc3[nH]2)cc1. The molecule has 3 heterocycles. The molecule has 4 rings (SSSR count). The Kier molecular flexibility index (Phi) is 2.34. The summed E-state index contributed by atoms with van der Waals surface area (Å²) >= 11 is 0. The van der Waals surface area contributed by atoms with Crippen LogP contribution in [-0.2, 0) is 0 Å². The summed E-state index contributed by atoms with van der Waals surface area (Å²) in [7, 11) is 1.62. The van der Waals surface area contributed by atoms with Crippen molar-refractivity contribution < 1.29 is 4.74 Å². The van der Waals surface area contributed by atoms with Crippen molar-refractivity contribution >= 4 is 16.9 Å². The van der Waals surface area contributed by atoms with Crippen LogP contribution in [0, 0.1) is 0 Å². The lowest BCUT2D eigenvalue weighted by atomic mass is 10.2. The van der Waals surface area contributed by atoms with Gasteiger partial charge in [0.25, 0.3) is 5.56 Å². The Morgan fingerprint density at radius 2 is 2.05 bits per heavy atom. The van der Waals surface area contributed by atoms with Crippen molar-refractivity contribution in [3.63, 3.8) is 0 Å². The number of nitrogens with zero attached hydrogens (tertiary/aromatic N) is 3. The first-order valence-corrected chi connectivity index (χ1v) is 6.35. The van der Waals surface area contributed by atoms with E-state index < -0.39 is 0 Å². The fourth-order valence-electron chi connectivity index (χ4n) is 2.31. The molecule has 0 fully saturated rings. The fourth-order valence-corrected chi connectivity index (χ4v) is 2.31. The number of nitrogens with one attached hydrogen (secondary N) is 2. The van der Waals surface area contributed by atoms with Gasteiger partial charge in [-0.3, -0.25) is 4.79 Å². The third-order valence-corrected chi connectivity index (χ3v) is 3.40. The van der Waals surface area contributed by atoms with Gasteiger partial charge in [-0.05, 0) is 29.8 Å². The number of aromatic nitrogens is 5. The number of aromatic amines is 2. The van der Waals surface area contributed by atoms with Crippen molar-refractivity contribution in [2.45, 2.75) is 0 Å². The first-order valence-electron chi connectivity index (χ1n) is 6.35. The third kappa shape index (κ3) is 1.71. The summed E-state index contributed by atoms with van der Waals surface area (Å²) in [5.74, 6) is 1.24. The zero-order valence-corrected chi connectivity index (χ0v) is 11.1. The molecule has 0 amide bonds. The minimum absolute atomic E-state index is 0.177. The lowest BCUT2D eigenvalue weighted by Gasteiger charge is -2.00. The maximum Gasteiger partial charge on any atom is 0.285 e. The molecule has 4 aromatic rings. The Balaban J connectivity index is 1.93. The van der Waals surface area contributed by atoms with Crippen molar-refractivity contribution in [1.82, 2.24) is 24.3 Å². The number of ether oxygens (including phenoxy) is 1. The molecule has 0 aliphatic carbocycles. The van der Waals surface area contributed by atoms with Gasteiger partial charge < -0.3 is 14.7 Å². The zero-order chi connectivity index (χ0) is 14.4. The van der Waals surface area contributed by atoms with Gasteiger partial charge in [-0.25, -0.2) is 9.38 Å². The number of hydrogen-bond acceptors (Lipinski definition) is 4. The second kappa shape index (κ2) is 4.20. The lowest BCUT2D eigenvalue weighted by molar-refractivity contribution is 0.415. The molecule has 104 valence electrons. The van der Waals surface area contributed by atoms with E-state index in [-0.39, 0.29) is 5.56 Å². The van der Waals surface area contributed by atoms with Crippen LogP contribution in [0.3, 0.4) is 0 Å². The molecule has 0 saturated carbocycles. The van der Waals surface area contributed by atoms with E-state index in [0.29, 0.717) is 16.9 Å². The lowest BCUT2D eigenvalue weighted by Crippen LogP contribution is -2.13. The highest BCUT2D eigenvalue weighted by molar-refractivity contribution is 5.72. The summed E-state index contributed by atoms with van der Waals surface area (Å²) in [6, 6.07) is 7.56. The molecule has 0 aliphatic heterocycles. The van der Waals surface area contributed by atoms with E-state index in [4.69, 9.17) is 4.74 Å². The number of methoxy groups -OCH3 is 1. The van der Waals surface area contributed by atoms with Gasteiger partial charge in [-0.2, -0.15) is 4.98 Å².